The Kier molecular flexibility index (Phi) is 7.49. The Bertz CT molecular complexity index is 858. The van der Waals surface area contributed by atoms with Crippen molar-refractivity contribution in [1.29, 1.82) is 5.41 Å². The first-order chi connectivity index (χ1) is 14.2. The van der Waals surface area contributed by atoms with Crippen LogP contribution in [0.1, 0.15) is 23.1 Å². The average Bonchev–Trinajstić information content (AvgIpc) is 2.76. The number of pyridine rings is 1. The Labute approximate surface area is 171 Å². The monoisotopic (exact) mass is 393 g/mol. The first-order valence-corrected chi connectivity index (χ1v) is 9.74. The topological polar surface area (TPSA) is 104 Å². The molecule has 1 amide bonds. The first-order valence-electron chi connectivity index (χ1n) is 9.74. The van der Waals surface area contributed by atoms with Crippen LogP contribution in [0.2, 0.25) is 0 Å². The molecule has 1 aromatic heterocycles. The van der Waals surface area contributed by atoms with Crippen molar-refractivity contribution in [1.82, 2.24) is 9.88 Å². The predicted octanol–water partition coefficient (Wildman–Crippen LogP) is 2.43. The molecule has 1 aromatic carbocycles. The number of aryl methyl sites for hydroxylation is 1. The molecule has 1 saturated heterocycles. The molecule has 2 aromatic rings. The number of hydrogen-bond donors (Lipinski definition) is 3. The van der Waals surface area contributed by atoms with Crippen molar-refractivity contribution in [2.24, 2.45) is 5.73 Å². The van der Waals surface area contributed by atoms with E-state index in [0.29, 0.717) is 18.4 Å². The van der Waals surface area contributed by atoms with Gasteiger partial charge in [-0.1, -0.05) is 12.1 Å². The predicted molar refractivity (Wildman–Crippen MR) is 115 cm³/mol. The van der Waals surface area contributed by atoms with Crippen LogP contribution in [0.5, 0.6) is 0 Å². The van der Waals surface area contributed by atoms with E-state index in [2.05, 4.69) is 15.2 Å². The van der Waals surface area contributed by atoms with Crippen LogP contribution in [0.3, 0.4) is 0 Å². The van der Waals surface area contributed by atoms with E-state index in [1.807, 2.05) is 30.3 Å². The van der Waals surface area contributed by atoms with E-state index in [1.54, 1.807) is 12.4 Å². The van der Waals surface area contributed by atoms with Crippen LogP contribution in [-0.2, 0) is 22.5 Å². The maximum absolute atomic E-state index is 12.4. The number of nitrogens with two attached hydrogens (primary N) is 1. The van der Waals surface area contributed by atoms with Crippen molar-refractivity contribution in [2.75, 3.05) is 31.6 Å². The molecule has 3 rings (SSSR count). The van der Waals surface area contributed by atoms with Crippen molar-refractivity contribution < 1.29 is 9.53 Å². The van der Waals surface area contributed by atoms with Crippen LogP contribution in [-0.4, -0.2) is 48.3 Å². The van der Waals surface area contributed by atoms with Crippen LogP contribution in [0, 0.1) is 5.41 Å². The van der Waals surface area contributed by atoms with E-state index in [4.69, 9.17) is 15.9 Å². The largest absolute Gasteiger partial charge is 0.404 e. The second kappa shape index (κ2) is 10.5. The number of nitrogens with zero attached hydrogens (tertiary/aromatic N) is 2. The van der Waals surface area contributed by atoms with Crippen molar-refractivity contribution >= 4 is 23.4 Å². The number of anilines is 1. The number of hydrogen-bond acceptors (Lipinski definition) is 6. The minimum Gasteiger partial charge on any atom is -0.404 e. The minimum absolute atomic E-state index is 0.0612. The molecule has 1 aliphatic rings. The lowest BCUT2D eigenvalue weighted by molar-refractivity contribution is -0.116. The molecule has 0 bridgehead atoms. The second-order valence-corrected chi connectivity index (χ2v) is 6.93. The molecule has 152 valence electrons. The van der Waals surface area contributed by atoms with Crippen LogP contribution >= 0.6 is 0 Å². The molecule has 0 spiro atoms. The maximum atomic E-state index is 12.4. The quantitative estimate of drug-likeness (QED) is 0.598. The van der Waals surface area contributed by atoms with Crippen molar-refractivity contribution in [3.63, 3.8) is 0 Å². The van der Waals surface area contributed by atoms with Gasteiger partial charge in [-0.15, -0.1) is 0 Å². The lowest BCUT2D eigenvalue weighted by atomic mass is 10.00. The summed E-state index contributed by atoms with van der Waals surface area (Å²) >= 11 is 0. The summed E-state index contributed by atoms with van der Waals surface area (Å²) in [4.78, 5) is 18.9. The molecule has 0 atom stereocenters. The number of ether oxygens (including phenoxy) is 1. The van der Waals surface area contributed by atoms with Gasteiger partial charge in [-0.05, 0) is 41.3 Å². The fraction of sp³-hybridized carbons (Fsp3) is 0.318. The van der Waals surface area contributed by atoms with Crippen LogP contribution in [0.4, 0.5) is 5.69 Å². The van der Waals surface area contributed by atoms with Gasteiger partial charge >= 0.3 is 0 Å². The number of carbonyl (C=O) groups excluding carboxylic acids is 1. The van der Waals surface area contributed by atoms with Gasteiger partial charge in [-0.2, -0.15) is 0 Å². The highest BCUT2D eigenvalue weighted by atomic mass is 16.5. The molecule has 1 fully saturated rings. The molecule has 2 heterocycles. The van der Waals surface area contributed by atoms with E-state index < -0.39 is 0 Å². The number of aromatic nitrogens is 1. The zero-order chi connectivity index (χ0) is 20.5. The summed E-state index contributed by atoms with van der Waals surface area (Å²) in [6.07, 6.45) is 6.82. The average molecular weight is 393 g/mol. The number of rotatable bonds is 8. The zero-order valence-electron chi connectivity index (χ0n) is 16.4. The van der Waals surface area contributed by atoms with Crippen molar-refractivity contribution in [2.45, 2.75) is 19.4 Å². The standard InChI is InChI=1S/C22H27N5O2/c23-13-19(14-24)21-7-8-25-15-18(21)3-6-22(28)26-20-4-1-17(2-5-20)16-27-9-11-29-12-10-27/h1-2,4-5,7-8,13-15,23H,3,6,9-12,16,24H2,(H,26,28)/b19-14+,23-13?. The first kappa shape index (κ1) is 20.7. The van der Waals surface area contributed by atoms with Gasteiger partial charge in [-0.25, -0.2) is 0 Å². The maximum Gasteiger partial charge on any atom is 0.224 e. The van der Waals surface area contributed by atoms with Gasteiger partial charge in [-0.3, -0.25) is 14.7 Å². The van der Waals surface area contributed by atoms with Crippen LogP contribution < -0.4 is 11.1 Å². The lowest BCUT2D eigenvalue weighted by Crippen LogP contribution is -2.35. The Morgan fingerprint density at radius 2 is 2.00 bits per heavy atom. The lowest BCUT2D eigenvalue weighted by Gasteiger charge is -2.26. The third-order valence-corrected chi connectivity index (χ3v) is 4.92. The van der Waals surface area contributed by atoms with E-state index >= 15 is 0 Å². The summed E-state index contributed by atoms with van der Waals surface area (Å²) in [5.41, 5.74) is 9.93. The third kappa shape index (κ3) is 5.97. The Morgan fingerprint density at radius 3 is 2.69 bits per heavy atom. The molecule has 0 saturated carbocycles. The summed E-state index contributed by atoms with van der Waals surface area (Å²) in [6.45, 7) is 4.37. The van der Waals surface area contributed by atoms with Crippen molar-refractivity contribution in [3.05, 3.63) is 65.6 Å². The van der Waals surface area contributed by atoms with Gasteiger partial charge in [0, 0.05) is 62.1 Å². The van der Waals surface area contributed by atoms with E-state index in [-0.39, 0.29) is 5.91 Å². The van der Waals surface area contributed by atoms with Gasteiger partial charge < -0.3 is 21.2 Å². The number of amides is 1. The summed E-state index contributed by atoms with van der Waals surface area (Å²) < 4.78 is 5.37. The molecule has 29 heavy (non-hydrogen) atoms. The Morgan fingerprint density at radius 1 is 1.24 bits per heavy atom. The van der Waals surface area contributed by atoms with Gasteiger partial charge in [0.15, 0.2) is 0 Å². The Hall–Kier alpha value is -3.03. The molecule has 0 radical (unpaired) electrons. The minimum atomic E-state index is -0.0612. The van der Waals surface area contributed by atoms with Gasteiger partial charge in [0.2, 0.25) is 5.91 Å². The van der Waals surface area contributed by atoms with E-state index in [1.165, 1.54) is 18.0 Å². The fourth-order valence-electron chi connectivity index (χ4n) is 3.31. The highest BCUT2D eigenvalue weighted by molar-refractivity contribution is 6.08. The molecule has 0 aliphatic carbocycles. The highest BCUT2D eigenvalue weighted by Crippen LogP contribution is 2.18. The molecule has 7 nitrogen and oxygen atoms in total. The molecule has 1 aliphatic heterocycles. The fourth-order valence-corrected chi connectivity index (χ4v) is 3.31. The second-order valence-electron chi connectivity index (χ2n) is 6.93. The molecule has 7 heteroatoms. The molecule has 0 unspecified atom stereocenters. The smallest absolute Gasteiger partial charge is 0.224 e. The summed E-state index contributed by atoms with van der Waals surface area (Å²) in [7, 11) is 0. The van der Waals surface area contributed by atoms with E-state index in [9.17, 15) is 4.79 Å². The summed E-state index contributed by atoms with van der Waals surface area (Å²) in [6, 6.07) is 9.78. The Balaban J connectivity index is 1.53. The molecular formula is C22H27N5O2. The number of benzene rings is 1. The zero-order valence-corrected chi connectivity index (χ0v) is 16.4. The van der Waals surface area contributed by atoms with Crippen molar-refractivity contribution in [3.8, 4) is 0 Å². The van der Waals surface area contributed by atoms with Gasteiger partial charge in [0.05, 0.1) is 13.2 Å². The number of allylic oxidation sites excluding steroid dienone is 1. The number of morpholine rings is 1. The van der Waals surface area contributed by atoms with E-state index in [0.717, 1.165) is 49.7 Å². The third-order valence-electron chi connectivity index (χ3n) is 4.92. The van der Waals surface area contributed by atoms with Gasteiger partial charge in [0.25, 0.3) is 0 Å². The molecule has 4 N–H and O–H groups in total. The number of nitrogens with one attached hydrogen (secondary N) is 2. The molecular weight excluding hydrogens is 366 g/mol. The summed E-state index contributed by atoms with van der Waals surface area (Å²) in [5.74, 6) is -0.0612. The van der Waals surface area contributed by atoms with Gasteiger partial charge in [0.1, 0.15) is 0 Å². The SMILES string of the molecule is N=C/C(=C\N)c1ccncc1CCC(=O)Nc1ccc(CN2CCOCC2)cc1. The highest BCUT2D eigenvalue weighted by Gasteiger charge is 2.11. The van der Waals surface area contributed by atoms with Crippen LogP contribution in [0.15, 0.2) is 48.9 Å². The normalized spacial score (nSPS) is 15.1. The summed E-state index contributed by atoms with van der Waals surface area (Å²) in [5, 5.41) is 10.4. The van der Waals surface area contributed by atoms with Crippen LogP contribution in [0.25, 0.3) is 5.57 Å². The number of carbonyl (C=O) groups is 1.